The third kappa shape index (κ3) is 4.86. The van der Waals surface area contributed by atoms with Gasteiger partial charge < -0.3 is 14.4 Å². The summed E-state index contributed by atoms with van der Waals surface area (Å²) in [5, 5.41) is 0. The van der Waals surface area contributed by atoms with Crippen LogP contribution in [0.5, 0.6) is 5.75 Å². The smallest absolute Gasteiger partial charge is 0.261 e. The van der Waals surface area contributed by atoms with Gasteiger partial charge in [0, 0.05) is 6.54 Å². The van der Waals surface area contributed by atoms with E-state index < -0.39 is 16.1 Å². The van der Waals surface area contributed by atoms with Gasteiger partial charge in [-0.15, -0.1) is 0 Å². The SMILES string of the molecule is Cc1ccc2c(c1)OCC(=O)N1CCC/C(=N\S(C)(=O)=O)C1COC1CCC2CC1. The van der Waals surface area contributed by atoms with Crippen LogP contribution in [0.25, 0.3) is 0 Å². The lowest BCUT2D eigenvalue weighted by Gasteiger charge is -2.37. The van der Waals surface area contributed by atoms with Gasteiger partial charge in [-0.3, -0.25) is 4.79 Å². The number of piperidine rings is 1. The first kappa shape index (κ1) is 21.3. The van der Waals surface area contributed by atoms with Crippen molar-refractivity contribution < 1.29 is 22.7 Å². The average molecular weight is 435 g/mol. The molecule has 2 bridgehead atoms. The normalized spacial score (nSPS) is 29.3. The van der Waals surface area contributed by atoms with E-state index >= 15 is 0 Å². The molecule has 30 heavy (non-hydrogen) atoms. The lowest BCUT2D eigenvalue weighted by atomic mass is 9.82. The summed E-state index contributed by atoms with van der Waals surface area (Å²) >= 11 is 0. The second kappa shape index (κ2) is 8.67. The Balaban J connectivity index is 1.67. The van der Waals surface area contributed by atoms with Gasteiger partial charge in [-0.25, -0.2) is 8.42 Å². The Hall–Kier alpha value is -1.93. The molecule has 164 valence electrons. The lowest BCUT2D eigenvalue weighted by molar-refractivity contribution is -0.136. The van der Waals surface area contributed by atoms with Gasteiger partial charge in [0.05, 0.1) is 30.7 Å². The van der Waals surface area contributed by atoms with Crippen molar-refractivity contribution in [1.29, 1.82) is 0 Å². The topological polar surface area (TPSA) is 85.3 Å². The van der Waals surface area contributed by atoms with E-state index in [4.69, 9.17) is 9.47 Å². The molecule has 1 aromatic carbocycles. The number of amides is 1. The molecule has 1 amide bonds. The largest absolute Gasteiger partial charge is 0.483 e. The summed E-state index contributed by atoms with van der Waals surface area (Å²) in [7, 11) is -3.54. The van der Waals surface area contributed by atoms with Crippen molar-refractivity contribution in [2.24, 2.45) is 4.40 Å². The van der Waals surface area contributed by atoms with E-state index in [1.807, 2.05) is 13.0 Å². The molecule has 7 nitrogen and oxygen atoms in total. The molecule has 3 aliphatic heterocycles. The summed E-state index contributed by atoms with van der Waals surface area (Å²) in [6.07, 6.45) is 6.35. The van der Waals surface area contributed by atoms with Crippen LogP contribution in [0.1, 0.15) is 55.6 Å². The minimum atomic E-state index is -3.54. The summed E-state index contributed by atoms with van der Waals surface area (Å²) in [5.41, 5.74) is 2.78. The maximum atomic E-state index is 13.1. The Morgan fingerprint density at radius 3 is 2.67 bits per heavy atom. The van der Waals surface area contributed by atoms with Crippen molar-refractivity contribution in [2.75, 3.05) is 26.0 Å². The monoisotopic (exact) mass is 434 g/mol. The van der Waals surface area contributed by atoms with Crippen molar-refractivity contribution in [3.63, 3.8) is 0 Å². The lowest BCUT2D eigenvalue weighted by Crippen LogP contribution is -2.53. The number of rotatable bonds is 1. The van der Waals surface area contributed by atoms with Gasteiger partial charge in [-0.2, -0.15) is 4.40 Å². The molecule has 2 fully saturated rings. The molecule has 8 heteroatoms. The summed E-state index contributed by atoms with van der Waals surface area (Å²) in [6, 6.07) is 5.77. The quantitative estimate of drug-likeness (QED) is 0.679. The zero-order valence-corrected chi connectivity index (χ0v) is 18.5. The van der Waals surface area contributed by atoms with Crippen LogP contribution in [0.2, 0.25) is 0 Å². The Bertz CT molecular complexity index is 935. The molecule has 4 aliphatic rings. The third-order valence-corrected chi connectivity index (χ3v) is 6.89. The van der Waals surface area contributed by atoms with Crippen LogP contribution in [-0.4, -0.2) is 63.1 Å². The molecule has 1 saturated heterocycles. The molecule has 0 aromatic heterocycles. The molecule has 1 unspecified atom stereocenters. The molecule has 1 saturated carbocycles. The number of ether oxygens (including phenoxy) is 2. The number of hydrogen-bond donors (Lipinski definition) is 0. The highest BCUT2D eigenvalue weighted by molar-refractivity contribution is 7.89. The highest BCUT2D eigenvalue weighted by Gasteiger charge is 2.35. The van der Waals surface area contributed by atoms with Crippen molar-refractivity contribution in [3.05, 3.63) is 29.3 Å². The number of benzene rings is 1. The summed E-state index contributed by atoms with van der Waals surface area (Å²) in [4.78, 5) is 14.8. The van der Waals surface area contributed by atoms with Gasteiger partial charge in [0.15, 0.2) is 6.61 Å². The van der Waals surface area contributed by atoms with Gasteiger partial charge >= 0.3 is 0 Å². The van der Waals surface area contributed by atoms with Crippen molar-refractivity contribution in [1.82, 2.24) is 4.90 Å². The average Bonchev–Trinajstić information content (AvgIpc) is 2.71. The van der Waals surface area contributed by atoms with E-state index in [2.05, 4.69) is 16.5 Å². The first-order valence-corrected chi connectivity index (χ1v) is 12.6. The first-order valence-electron chi connectivity index (χ1n) is 10.7. The second-order valence-electron chi connectivity index (χ2n) is 8.66. The summed E-state index contributed by atoms with van der Waals surface area (Å²) < 4.78 is 39.8. The first-order chi connectivity index (χ1) is 14.3. The van der Waals surface area contributed by atoms with E-state index in [1.54, 1.807) is 4.90 Å². The van der Waals surface area contributed by atoms with E-state index in [9.17, 15) is 13.2 Å². The fourth-order valence-electron chi connectivity index (χ4n) is 4.83. The summed E-state index contributed by atoms with van der Waals surface area (Å²) in [5.74, 6) is 1.02. The van der Waals surface area contributed by atoms with Gasteiger partial charge in [0.25, 0.3) is 5.91 Å². The van der Waals surface area contributed by atoms with E-state index in [1.165, 1.54) is 5.56 Å². The molecular weight excluding hydrogens is 404 g/mol. The zero-order valence-electron chi connectivity index (χ0n) is 17.7. The minimum absolute atomic E-state index is 0.0741. The highest BCUT2D eigenvalue weighted by Crippen LogP contribution is 2.39. The van der Waals surface area contributed by atoms with E-state index in [0.29, 0.717) is 31.0 Å². The van der Waals surface area contributed by atoms with Gasteiger partial charge in [-0.05, 0) is 68.6 Å². The number of aryl methyl sites for hydroxylation is 1. The number of carbonyl (C=O) groups is 1. The standard InChI is InChI=1S/C22H30N2O5S/c1-15-5-10-18-16-6-8-17(9-7-16)28-13-20-19(23-30(2,26)27)4-3-11-24(20)22(25)14-29-21(18)12-15/h5,10,12,16-17,20H,3-4,6-9,11,13-14H2,1-2H3/b23-19+. The maximum Gasteiger partial charge on any atom is 0.261 e. The van der Waals surface area contributed by atoms with Crippen LogP contribution in [0, 0.1) is 6.92 Å². The Labute approximate surface area is 178 Å². The van der Waals surface area contributed by atoms with Crippen LogP contribution in [-0.2, 0) is 19.6 Å². The molecule has 1 aromatic rings. The maximum absolute atomic E-state index is 13.1. The van der Waals surface area contributed by atoms with Crippen LogP contribution >= 0.6 is 0 Å². The number of fused-ring (bicyclic) bond motifs is 5. The minimum Gasteiger partial charge on any atom is -0.483 e. The van der Waals surface area contributed by atoms with Crippen molar-refractivity contribution in [3.8, 4) is 5.75 Å². The second-order valence-corrected chi connectivity index (χ2v) is 10.3. The Kier molecular flexibility index (Phi) is 6.16. The molecule has 1 atom stereocenters. The zero-order chi connectivity index (χ0) is 21.3. The number of carbonyl (C=O) groups excluding carboxylic acids is 1. The Morgan fingerprint density at radius 1 is 1.17 bits per heavy atom. The van der Waals surface area contributed by atoms with Crippen molar-refractivity contribution in [2.45, 2.75) is 63.5 Å². The molecule has 3 heterocycles. The van der Waals surface area contributed by atoms with Crippen LogP contribution in [0.4, 0.5) is 0 Å². The van der Waals surface area contributed by atoms with Gasteiger partial charge in [0.1, 0.15) is 5.75 Å². The number of sulfonamides is 1. The molecule has 0 radical (unpaired) electrons. The fourth-order valence-corrected chi connectivity index (χ4v) is 5.47. The van der Waals surface area contributed by atoms with Gasteiger partial charge in [-0.1, -0.05) is 12.1 Å². The molecule has 5 rings (SSSR count). The third-order valence-electron chi connectivity index (χ3n) is 6.32. The van der Waals surface area contributed by atoms with Crippen LogP contribution in [0.3, 0.4) is 0 Å². The summed E-state index contributed by atoms with van der Waals surface area (Å²) in [6.45, 7) is 2.77. The predicted octanol–water partition coefficient (Wildman–Crippen LogP) is 2.82. The predicted molar refractivity (Wildman–Crippen MR) is 115 cm³/mol. The van der Waals surface area contributed by atoms with Gasteiger partial charge in [0.2, 0.25) is 10.0 Å². The van der Waals surface area contributed by atoms with Crippen LogP contribution < -0.4 is 4.74 Å². The highest BCUT2D eigenvalue weighted by atomic mass is 32.2. The number of hydrogen-bond acceptors (Lipinski definition) is 5. The molecule has 0 N–H and O–H groups in total. The number of nitrogens with zero attached hydrogens (tertiary/aromatic N) is 2. The Morgan fingerprint density at radius 2 is 1.93 bits per heavy atom. The molecule has 1 aliphatic carbocycles. The fraction of sp³-hybridized carbons (Fsp3) is 0.636. The van der Waals surface area contributed by atoms with E-state index in [0.717, 1.165) is 43.3 Å². The van der Waals surface area contributed by atoms with E-state index in [-0.39, 0.29) is 25.2 Å². The molecular formula is C22H30N2O5S. The van der Waals surface area contributed by atoms with Crippen LogP contribution in [0.15, 0.2) is 22.6 Å². The molecule has 0 spiro atoms. The van der Waals surface area contributed by atoms with Crippen molar-refractivity contribution >= 4 is 21.6 Å².